The predicted octanol–water partition coefficient (Wildman–Crippen LogP) is 3.72. The zero-order valence-electron chi connectivity index (χ0n) is 14.9. The lowest BCUT2D eigenvalue weighted by atomic mass is 10.1. The fourth-order valence-electron chi connectivity index (χ4n) is 2.65. The molecule has 0 radical (unpaired) electrons. The molecule has 138 valence electrons. The normalized spacial score (nSPS) is 10.4. The van der Waals surface area contributed by atoms with Crippen LogP contribution in [0, 0.1) is 6.92 Å². The van der Waals surface area contributed by atoms with Gasteiger partial charge in [0.1, 0.15) is 15.6 Å². The molecule has 7 heteroatoms. The van der Waals surface area contributed by atoms with Crippen LogP contribution in [-0.4, -0.2) is 18.8 Å². The highest BCUT2D eigenvalue weighted by Crippen LogP contribution is 2.40. The zero-order chi connectivity index (χ0) is 19.6. The number of aryl methyl sites for hydroxylation is 1. The topological polar surface area (TPSA) is 107 Å². The third-order valence-electron chi connectivity index (χ3n) is 4.07. The molecule has 0 saturated carbocycles. The van der Waals surface area contributed by atoms with Crippen LogP contribution in [0.25, 0.3) is 0 Å². The summed E-state index contributed by atoms with van der Waals surface area (Å²) in [6.07, 6.45) is 0. The largest absolute Gasteiger partial charge is 0.495 e. The second kappa shape index (κ2) is 7.51. The van der Waals surface area contributed by atoms with Crippen LogP contribution >= 0.6 is 11.3 Å². The van der Waals surface area contributed by atoms with Crippen molar-refractivity contribution in [3.63, 3.8) is 0 Å². The third kappa shape index (κ3) is 3.63. The summed E-state index contributed by atoms with van der Waals surface area (Å²) in [4.78, 5) is 25.1. The molecule has 0 unspecified atom stereocenters. The van der Waals surface area contributed by atoms with E-state index in [2.05, 4.69) is 5.32 Å². The number of nitrogen functional groups attached to an aromatic ring is 1. The lowest BCUT2D eigenvalue weighted by Gasteiger charge is -2.10. The summed E-state index contributed by atoms with van der Waals surface area (Å²) in [5, 5.41) is 3.51. The number of ketones is 1. The van der Waals surface area contributed by atoms with Crippen molar-refractivity contribution in [2.75, 3.05) is 18.2 Å². The van der Waals surface area contributed by atoms with E-state index in [1.165, 1.54) is 0 Å². The molecule has 6 nitrogen and oxygen atoms in total. The Bertz CT molecular complexity index is 1010. The number of hydrogen-bond donors (Lipinski definition) is 3. The fourth-order valence-corrected chi connectivity index (χ4v) is 3.75. The number of nitrogens with one attached hydrogen (secondary N) is 1. The van der Waals surface area contributed by atoms with E-state index in [0.717, 1.165) is 16.9 Å². The summed E-state index contributed by atoms with van der Waals surface area (Å²) in [5.41, 5.74) is 14.0. The number of para-hydroxylation sites is 2. The van der Waals surface area contributed by atoms with E-state index in [9.17, 15) is 9.59 Å². The van der Waals surface area contributed by atoms with Gasteiger partial charge in [-0.1, -0.05) is 42.0 Å². The van der Waals surface area contributed by atoms with Gasteiger partial charge in [0.05, 0.1) is 24.0 Å². The van der Waals surface area contributed by atoms with Gasteiger partial charge in [0.25, 0.3) is 5.91 Å². The highest BCUT2D eigenvalue weighted by atomic mass is 32.1. The van der Waals surface area contributed by atoms with E-state index in [-0.39, 0.29) is 21.9 Å². The average Bonchev–Trinajstić information content (AvgIpc) is 2.98. The maximum absolute atomic E-state index is 12.9. The molecular weight excluding hydrogens is 362 g/mol. The predicted molar refractivity (Wildman–Crippen MR) is 108 cm³/mol. The summed E-state index contributed by atoms with van der Waals surface area (Å²) in [5.74, 6) is -0.372. The summed E-state index contributed by atoms with van der Waals surface area (Å²) >= 11 is 1.09. The van der Waals surface area contributed by atoms with Gasteiger partial charge >= 0.3 is 0 Å². The number of methoxy groups -OCH3 is 1. The van der Waals surface area contributed by atoms with Gasteiger partial charge in [-0.15, -0.1) is 11.3 Å². The molecule has 0 fully saturated rings. The molecule has 0 aliphatic carbocycles. The molecule has 1 amide bonds. The van der Waals surface area contributed by atoms with Crippen LogP contribution in [0.4, 0.5) is 16.4 Å². The molecule has 5 N–H and O–H groups in total. The molecule has 0 aliphatic rings. The number of benzene rings is 2. The number of carbonyl (C=O) groups excluding carboxylic acids is 2. The lowest BCUT2D eigenvalue weighted by molar-refractivity contribution is 0.100. The molecular formula is C20H19N3O3S. The maximum Gasteiger partial charge on any atom is 0.253 e. The third-order valence-corrected chi connectivity index (χ3v) is 5.19. The Hall–Kier alpha value is -3.32. The van der Waals surface area contributed by atoms with Gasteiger partial charge in [-0.2, -0.15) is 0 Å². The first-order valence-corrected chi connectivity index (χ1v) is 8.97. The Morgan fingerprint density at radius 2 is 1.74 bits per heavy atom. The van der Waals surface area contributed by atoms with Gasteiger partial charge in [-0.25, -0.2) is 0 Å². The van der Waals surface area contributed by atoms with Crippen LogP contribution in [0.2, 0.25) is 0 Å². The smallest absolute Gasteiger partial charge is 0.253 e. The average molecular weight is 381 g/mol. The summed E-state index contributed by atoms with van der Waals surface area (Å²) in [6, 6.07) is 14.4. The number of anilines is 3. The molecule has 2 aromatic carbocycles. The number of amides is 1. The number of thiophene rings is 1. The summed E-state index contributed by atoms with van der Waals surface area (Å²) in [6.45, 7) is 1.94. The number of ether oxygens (including phenoxy) is 1. The van der Waals surface area contributed by atoms with Gasteiger partial charge in [0.15, 0.2) is 0 Å². The van der Waals surface area contributed by atoms with Gasteiger partial charge in [0, 0.05) is 5.56 Å². The maximum atomic E-state index is 12.9. The van der Waals surface area contributed by atoms with E-state index in [1.54, 1.807) is 31.4 Å². The van der Waals surface area contributed by atoms with Crippen molar-refractivity contribution in [1.82, 2.24) is 0 Å². The molecule has 0 bridgehead atoms. The Kier molecular flexibility index (Phi) is 5.14. The second-order valence-corrected chi connectivity index (χ2v) is 6.95. The quantitative estimate of drug-likeness (QED) is 0.564. The van der Waals surface area contributed by atoms with Crippen molar-refractivity contribution in [3.8, 4) is 5.75 Å². The van der Waals surface area contributed by atoms with Crippen molar-refractivity contribution in [2.45, 2.75) is 6.92 Å². The van der Waals surface area contributed by atoms with Crippen molar-refractivity contribution in [1.29, 1.82) is 0 Å². The first-order chi connectivity index (χ1) is 12.9. The molecule has 3 rings (SSSR count). The lowest BCUT2D eigenvalue weighted by Crippen LogP contribution is -2.14. The van der Waals surface area contributed by atoms with Crippen molar-refractivity contribution < 1.29 is 14.3 Å². The van der Waals surface area contributed by atoms with E-state index in [0.29, 0.717) is 22.0 Å². The number of hydrogen-bond acceptors (Lipinski definition) is 6. The number of rotatable bonds is 6. The Morgan fingerprint density at radius 1 is 1.07 bits per heavy atom. The first-order valence-electron chi connectivity index (χ1n) is 8.15. The van der Waals surface area contributed by atoms with Crippen LogP contribution in [0.1, 0.15) is 31.2 Å². The number of carbonyl (C=O) groups is 2. The van der Waals surface area contributed by atoms with E-state index >= 15 is 0 Å². The fraction of sp³-hybridized carbons (Fsp3) is 0.100. The number of nitrogens with two attached hydrogens (primary N) is 2. The Balaban J connectivity index is 2.05. The minimum Gasteiger partial charge on any atom is -0.495 e. The minimum atomic E-state index is -0.705. The highest BCUT2D eigenvalue weighted by Gasteiger charge is 2.25. The van der Waals surface area contributed by atoms with Gasteiger partial charge < -0.3 is 21.5 Å². The van der Waals surface area contributed by atoms with Crippen molar-refractivity contribution >= 4 is 39.4 Å². The molecule has 3 aromatic rings. The van der Waals surface area contributed by atoms with E-state index < -0.39 is 5.91 Å². The monoisotopic (exact) mass is 381 g/mol. The van der Waals surface area contributed by atoms with Crippen LogP contribution in [-0.2, 0) is 0 Å². The SMILES string of the molecule is COc1ccccc1Nc1sc(C(=O)c2ccc(C)cc2)c(N)c1C(N)=O. The Morgan fingerprint density at radius 3 is 2.37 bits per heavy atom. The van der Waals surface area contributed by atoms with Crippen LogP contribution < -0.4 is 21.5 Å². The zero-order valence-corrected chi connectivity index (χ0v) is 15.7. The summed E-state index contributed by atoms with van der Waals surface area (Å²) < 4.78 is 5.31. The minimum absolute atomic E-state index is 0.0791. The highest BCUT2D eigenvalue weighted by molar-refractivity contribution is 7.19. The summed E-state index contributed by atoms with van der Waals surface area (Å²) in [7, 11) is 1.55. The number of primary amides is 1. The molecule has 27 heavy (non-hydrogen) atoms. The van der Waals surface area contributed by atoms with Crippen LogP contribution in [0.15, 0.2) is 48.5 Å². The van der Waals surface area contributed by atoms with E-state index in [4.69, 9.17) is 16.2 Å². The first kappa shape index (κ1) is 18.5. The van der Waals surface area contributed by atoms with Crippen LogP contribution in [0.5, 0.6) is 5.75 Å². The van der Waals surface area contributed by atoms with Crippen LogP contribution in [0.3, 0.4) is 0 Å². The molecule has 1 aromatic heterocycles. The molecule has 0 aliphatic heterocycles. The van der Waals surface area contributed by atoms with Crippen molar-refractivity contribution in [3.05, 3.63) is 70.1 Å². The second-order valence-electron chi connectivity index (χ2n) is 5.93. The van der Waals surface area contributed by atoms with Crippen molar-refractivity contribution in [2.24, 2.45) is 5.73 Å². The van der Waals surface area contributed by atoms with E-state index in [1.807, 2.05) is 31.2 Å². The molecule has 0 spiro atoms. The Labute approximate surface area is 160 Å². The molecule has 0 saturated heterocycles. The standard InChI is InChI=1S/C20H19N3O3S/c1-11-7-9-12(10-8-11)17(24)18-16(21)15(19(22)25)20(27-18)23-13-5-3-4-6-14(13)26-2/h3-10,23H,21H2,1-2H3,(H2,22,25). The molecule has 1 heterocycles. The van der Waals surface area contributed by atoms with Gasteiger partial charge in [-0.3, -0.25) is 9.59 Å². The van der Waals surface area contributed by atoms with Gasteiger partial charge in [-0.05, 0) is 19.1 Å². The molecule has 0 atom stereocenters. The van der Waals surface area contributed by atoms with Gasteiger partial charge in [0.2, 0.25) is 5.78 Å².